The molecule has 0 saturated heterocycles. The lowest BCUT2D eigenvalue weighted by molar-refractivity contribution is 0.162. The van der Waals surface area contributed by atoms with Crippen LogP contribution in [0.15, 0.2) is 62.0 Å². The molecule has 0 spiro atoms. The fraction of sp³-hybridized carbons (Fsp3) is 0.273. The van der Waals surface area contributed by atoms with Gasteiger partial charge < -0.3 is 14.8 Å². The summed E-state index contributed by atoms with van der Waals surface area (Å²) in [6, 6.07) is 9.30. The molecule has 2 heterocycles. The molecule has 1 aliphatic rings. The van der Waals surface area contributed by atoms with E-state index in [1.54, 1.807) is 12.1 Å². The highest BCUT2D eigenvalue weighted by molar-refractivity contribution is 7.91. The Morgan fingerprint density at radius 3 is 2.62 bits per heavy atom. The van der Waals surface area contributed by atoms with Gasteiger partial charge in [-0.15, -0.1) is 0 Å². The molecule has 4 aromatic rings. The second kappa shape index (κ2) is 7.53. The first kappa shape index (κ1) is 20.8. The summed E-state index contributed by atoms with van der Waals surface area (Å²) in [4.78, 5) is 26.3. The number of nitrogens with one attached hydrogen (secondary N) is 1. The van der Waals surface area contributed by atoms with Gasteiger partial charge in [0.05, 0.1) is 25.7 Å². The molecule has 1 aliphatic carbocycles. The Kier molecular flexibility index (Phi) is 4.90. The van der Waals surface area contributed by atoms with Gasteiger partial charge in [-0.2, -0.15) is 0 Å². The van der Waals surface area contributed by atoms with E-state index in [2.05, 4.69) is 9.55 Å². The Morgan fingerprint density at radius 2 is 1.91 bits per heavy atom. The van der Waals surface area contributed by atoms with Crippen LogP contribution >= 0.6 is 11.6 Å². The van der Waals surface area contributed by atoms with Crippen molar-refractivity contribution in [3.63, 3.8) is 0 Å². The third-order valence-electron chi connectivity index (χ3n) is 6.29. The average Bonchev–Trinajstić information content (AvgIpc) is 3.13. The van der Waals surface area contributed by atoms with Crippen LogP contribution in [0.5, 0.6) is 0 Å². The van der Waals surface area contributed by atoms with Crippen molar-refractivity contribution in [1.29, 1.82) is 0 Å². The number of aryl methyl sites for hydroxylation is 1. The second-order valence-corrected chi connectivity index (χ2v) is 10.5. The van der Waals surface area contributed by atoms with Crippen LogP contribution < -0.4 is 11.2 Å². The van der Waals surface area contributed by atoms with Crippen LogP contribution in [0.2, 0.25) is 5.02 Å². The highest BCUT2D eigenvalue weighted by atomic mass is 35.5. The van der Waals surface area contributed by atoms with E-state index in [0.717, 1.165) is 29.8 Å². The number of halogens is 1. The van der Waals surface area contributed by atoms with E-state index in [-0.39, 0.29) is 30.4 Å². The van der Waals surface area contributed by atoms with Crippen molar-refractivity contribution < 1.29 is 13.6 Å². The van der Waals surface area contributed by atoms with E-state index < -0.39 is 21.1 Å². The zero-order valence-electron chi connectivity index (χ0n) is 16.9. The van der Waals surface area contributed by atoms with Crippen LogP contribution in [0.4, 0.5) is 0 Å². The summed E-state index contributed by atoms with van der Waals surface area (Å²) in [5.74, 6) is 0.729. The van der Waals surface area contributed by atoms with Gasteiger partial charge in [-0.05, 0) is 48.1 Å². The smallest absolute Gasteiger partial charge is 0.362 e. The van der Waals surface area contributed by atoms with Gasteiger partial charge in [0.1, 0.15) is 0 Å². The molecule has 0 bridgehead atoms. The second-order valence-electron chi connectivity index (χ2n) is 8.16. The first-order valence-electron chi connectivity index (χ1n) is 10.3. The van der Waals surface area contributed by atoms with E-state index in [1.807, 2.05) is 12.3 Å². The lowest BCUT2D eigenvalue weighted by Crippen LogP contribution is -2.33. The Morgan fingerprint density at radius 1 is 1.12 bits per heavy atom. The molecule has 10 heteroatoms. The zero-order chi connectivity index (χ0) is 22.6. The van der Waals surface area contributed by atoms with E-state index in [1.165, 1.54) is 37.5 Å². The van der Waals surface area contributed by atoms with Gasteiger partial charge in [0.25, 0.3) is 5.56 Å². The lowest BCUT2D eigenvalue weighted by Gasteiger charge is -2.25. The Labute approximate surface area is 187 Å². The number of hydrogen-bond acceptors (Lipinski definition) is 5. The van der Waals surface area contributed by atoms with Gasteiger partial charge in [0, 0.05) is 18.3 Å². The standard InChI is InChI=1S/C22H20ClN3O5S/c23-16-6-7-18(20-19(16)21(27)26(29)22(28)24-20)32(30,31)15-5-4-14-9-11-25(17(14)12-15)10-8-13-2-1-3-13/h4-7,9,11-13,29H,1-3,8,10H2,(H,24,28). The van der Waals surface area contributed by atoms with Gasteiger partial charge in [0.2, 0.25) is 9.84 Å². The Hall–Kier alpha value is -3.04. The molecule has 0 radical (unpaired) electrons. The zero-order valence-corrected chi connectivity index (χ0v) is 18.5. The van der Waals surface area contributed by atoms with Crippen LogP contribution in [0.3, 0.4) is 0 Å². The van der Waals surface area contributed by atoms with Gasteiger partial charge in [-0.25, -0.2) is 13.2 Å². The number of aromatic amines is 1. The minimum absolute atomic E-state index is 0.0336. The fourth-order valence-corrected chi connectivity index (χ4v) is 5.90. The number of H-pyrrole nitrogens is 1. The van der Waals surface area contributed by atoms with Crippen molar-refractivity contribution in [2.45, 2.75) is 42.0 Å². The van der Waals surface area contributed by atoms with Crippen molar-refractivity contribution in [1.82, 2.24) is 14.3 Å². The van der Waals surface area contributed by atoms with Crippen molar-refractivity contribution >= 4 is 43.2 Å². The maximum absolute atomic E-state index is 13.5. The molecule has 0 unspecified atom stereocenters. The van der Waals surface area contributed by atoms with Gasteiger partial charge in [0.15, 0.2) is 0 Å². The summed E-state index contributed by atoms with van der Waals surface area (Å²) in [6.45, 7) is 0.810. The van der Waals surface area contributed by atoms with Crippen LogP contribution in [-0.2, 0) is 16.4 Å². The Bertz CT molecular complexity index is 1600. The molecule has 1 fully saturated rings. The van der Waals surface area contributed by atoms with Gasteiger partial charge >= 0.3 is 5.69 Å². The first-order valence-corrected chi connectivity index (χ1v) is 12.1. The largest absolute Gasteiger partial charge is 0.421 e. The fourth-order valence-electron chi connectivity index (χ4n) is 4.23. The molecular weight excluding hydrogens is 454 g/mol. The number of rotatable bonds is 5. The number of fused-ring (bicyclic) bond motifs is 2. The molecular formula is C22H20ClN3O5S. The number of nitrogens with zero attached hydrogens (tertiary/aromatic N) is 2. The minimum atomic E-state index is -4.11. The highest BCUT2D eigenvalue weighted by Gasteiger charge is 2.25. The summed E-state index contributed by atoms with van der Waals surface area (Å²) >= 11 is 6.07. The Balaban J connectivity index is 1.65. The molecule has 1 saturated carbocycles. The SMILES string of the molecule is O=c1[nH]c2c(S(=O)(=O)c3ccc4ccn(CCC5CCC5)c4c3)ccc(Cl)c2c(=O)n1O. The third-order valence-corrected chi connectivity index (χ3v) is 8.40. The van der Waals surface area contributed by atoms with Crippen molar-refractivity contribution in [3.05, 3.63) is 68.5 Å². The van der Waals surface area contributed by atoms with E-state index in [9.17, 15) is 23.2 Å². The van der Waals surface area contributed by atoms with Crippen LogP contribution in [0.25, 0.3) is 21.8 Å². The summed E-state index contributed by atoms with van der Waals surface area (Å²) in [7, 11) is -4.11. The molecule has 2 aromatic carbocycles. The molecule has 0 atom stereocenters. The third kappa shape index (κ3) is 3.23. The summed E-state index contributed by atoms with van der Waals surface area (Å²) in [5.41, 5.74) is -1.68. The lowest BCUT2D eigenvalue weighted by atomic mass is 9.83. The van der Waals surface area contributed by atoms with Crippen LogP contribution in [-0.4, -0.2) is 27.9 Å². The maximum Gasteiger partial charge on any atom is 0.362 e. The normalized spacial score (nSPS) is 14.8. The van der Waals surface area contributed by atoms with E-state index in [4.69, 9.17) is 11.6 Å². The maximum atomic E-state index is 13.5. The summed E-state index contributed by atoms with van der Waals surface area (Å²) < 4.78 is 29.0. The van der Waals surface area contributed by atoms with Gasteiger partial charge in [-0.1, -0.05) is 41.7 Å². The van der Waals surface area contributed by atoms with Crippen molar-refractivity contribution in [3.8, 4) is 0 Å². The number of sulfone groups is 1. The first-order chi connectivity index (χ1) is 15.3. The number of aromatic nitrogens is 3. The monoisotopic (exact) mass is 473 g/mol. The van der Waals surface area contributed by atoms with Crippen LogP contribution in [0.1, 0.15) is 25.7 Å². The van der Waals surface area contributed by atoms with E-state index in [0.29, 0.717) is 0 Å². The molecule has 166 valence electrons. The van der Waals surface area contributed by atoms with Crippen molar-refractivity contribution in [2.24, 2.45) is 5.92 Å². The number of benzene rings is 2. The number of hydrogen-bond donors (Lipinski definition) is 2. The topological polar surface area (TPSA) is 114 Å². The predicted octanol–water partition coefficient (Wildman–Crippen LogP) is 3.56. The molecule has 0 aliphatic heterocycles. The molecule has 2 N–H and O–H groups in total. The van der Waals surface area contributed by atoms with E-state index >= 15 is 0 Å². The molecule has 0 amide bonds. The minimum Gasteiger partial charge on any atom is -0.421 e. The molecule has 8 nitrogen and oxygen atoms in total. The molecule has 5 rings (SSSR count). The van der Waals surface area contributed by atoms with Gasteiger partial charge in [-0.3, -0.25) is 4.79 Å². The molecule has 32 heavy (non-hydrogen) atoms. The van der Waals surface area contributed by atoms with Crippen molar-refractivity contribution in [2.75, 3.05) is 0 Å². The average molecular weight is 474 g/mol. The molecule has 2 aromatic heterocycles. The highest BCUT2D eigenvalue weighted by Crippen LogP contribution is 2.32. The quantitative estimate of drug-likeness (QED) is 0.430. The summed E-state index contributed by atoms with van der Waals surface area (Å²) in [5, 5.41) is 10.2. The predicted molar refractivity (Wildman–Crippen MR) is 120 cm³/mol. The van der Waals surface area contributed by atoms with Crippen LogP contribution in [0, 0.1) is 5.92 Å². The summed E-state index contributed by atoms with van der Waals surface area (Å²) in [6.07, 6.45) is 6.78.